The monoisotopic (exact) mass is 180 g/mol. The van der Waals surface area contributed by atoms with E-state index in [-0.39, 0.29) is 5.75 Å². The lowest BCUT2D eigenvalue weighted by molar-refractivity contribution is 0.250. The van der Waals surface area contributed by atoms with Crippen LogP contribution in [-0.2, 0) is 15.3 Å². The molecular formula is C7H4N2O2S. The molecule has 0 radical (unpaired) electrons. The molecule has 12 heavy (non-hydrogen) atoms. The Labute approximate surface area is 72.4 Å². The van der Waals surface area contributed by atoms with Crippen LogP contribution in [0.4, 0.5) is 0 Å². The van der Waals surface area contributed by atoms with Gasteiger partial charge in [-0.25, -0.2) is 4.21 Å². The highest BCUT2D eigenvalue weighted by atomic mass is 32.2. The SMILES string of the molecule is C#CC1OS(=O)CC1(C#N)C#N. The summed E-state index contributed by atoms with van der Waals surface area (Å²) >= 11 is -1.61. The molecule has 0 amide bonds. The molecule has 0 aromatic heterocycles. The molecule has 0 spiro atoms. The number of rotatable bonds is 0. The smallest absolute Gasteiger partial charge is 0.195 e. The first kappa shape index (κ1) is 8.74. The molecule has 0 aromatic carbocycles. The predicted octanol–water partition coefficient (Wildman–Crippen LogP) is -0.284. The summed E-state index contributed by atoms with van der Waals surface area (Å²) in [6.45, 7) is 0. The van der Waals surface area contributed by atoms with Gasteiger partial charge in [-0.15, -0.1) is 6.42 Å². The minimum Gasteiger partial charge on any atom is -0.271 e. The van der Waals surface area contributed by atoms with Crippen LogP contribution in [0.15, 0.2) is 0 Å². The third kappa shape index (κ3) is 1.08. The van der Waals surface area contributed by atoms with Gasteiger partial charge in [0.25, 0.3) is 0 Å². The zero-order valence-electron chi connectivity index (χ0n) is 5.98. The largest absolute Gasteiger partial charge is 0.271 e. The number of nitrogens with zero attached hydrogens (tertiary/aromatic N) is 2. The molecule has 60 valence electrons. The summed E-state index contributed by atoms with van der Waals surface area (Å²) in [7, 11) is 0. The van der Waals surface area contributed by atoms with Gasteiger partial charge >= 0.3 is 0 Å². The lowest BCUT2D eigenvalue weighted by Gasteiger charge is -2.10. The number of nitriles is 2. The van der Waals surface area contributed by atoms with Crippen LogP contribution in [0.5, 0.6) is 0 Å². The highest BCUT2D eigenvalue weighted by molar-refractivity contribution is 7.80. The van der Waals surface area contributed by atoms with E-state index in [2.05, 4.69) is 5.92 Å². The Balaban J connectivity index is 3.08. The van der Waals surface area contributed by atoms with Crippen LogP contribution in [0, 0.1) is 40.4 Å². The fourth-order valence-corrected chi connectivity index (χ4v) is 2.02. The molecule has 2 atom stereocenters. The van der Waals surface area contributed by atoms with E-state index in [1.165, 1.54) is 0 Å². The van der Waals surface area contributed by atoms with E-state index in [1.807, 2.05) is 0 Å². The Morgan fingerprint density at radius 3 is 2.50 bits per heavy atom. The van der Waals surface area contributed by atoms with Crippen molar-refractivity contribution in [3.05, 3.63) is 0 Å². The predicted molar refractivity (Wildman–Crippen MR) is 40.4 cm³/mol. The van der Waals surface area contributed by atoms with Crippen molar-refractivity contribution < 1.29 is 8.39 Å². The van der Waals surface area contributed by atoms with Crippen molar-refractivity contribution in [1.82, 2.24) is 0 Å². The van der Waals surface area contributed by atoms with Crippen molar-refractivity contribution in [1.29, 1.82) is 10.5 Å². The standard InChI is InChI=1S/C7H4N2O2S/c1-2-6-7(3-8,4-9)5-12(10)11-6/h1,6H,5H2. The molecule has 1 fully saturated rings. The number of hydrogen-bond acceptors (Lipinski definition) is 4. The van der Waals surface area contributed by atoms with E-state index >= 15 is 0 Å². The Morgan fingerprint density at radius 1 is 1.58 bits per heavy atom. The van der Waals surface area contributed by atoms with Gasteiger partial charge < -0.3 is 0 Å². The normalized spacial score (nSPS) is 31.4. The van der Waals surface area contributed by atoms with Gasteiger partial charge in [0.15, 0.2) is 22.6 Å². The van der Waals surface area contributed by atoms with Crippen molar-refractivity contribution in [2.45, 2.75) is 6.10 Å². The lowest BCUT2D eigenvalue weighted by Crippen LogP contribution is -2.28. The van der Waals surface area contributed by atoms with Crippen LogP contribution in [0.25, 0.3) is 0 Å². The second kappa shape index (κ2) is 2.95. The Bertz CT molecular complexity index is 330. The summed E-state index contributed by atoms with van der Waals surface area (Å²) in [6, 6.07) is 3.47. The molecule has 1 rings (SSSR count). The maximum Gasteiger partial charge on any atom is 0.195 e. The fourth-order valence-electron chi connectivity index (χ4n) is 0.862. The van der Waals surface area contributed by atoms with Gasteiger partial charge in [0, 0.05) is 0 Å². The minimum absolute atomic E-state index is 0.130. The van der Waals surface area contributed by atoms with Crippen LogP contribution in [-0.4, -0.2) is 16.1 Å². The molecule has 0 N–H and O–H groups in total. The van der Waals surface area contributed by atoms with E-state index in [0.29, 0.717) is 0 Å². The zero-order valence-corrected chi connectivity index (χ0v) is 6.80. The van der Waals surface area contributed by atoms with Gasteiger partial charge in [0.2, 0.25) is 0 Å². The van der Waals surface area contributed by atoms with E-state index in [0.717, 1.165) is 0 Å². The minimum atomic E-state index is -1.61. The zero-order chi connectivity index (χ0) is 9.19. The van der Waals surface area contributed by atoms with Crippen molar-refractivity contribution in [3.8, 4) is 24.5 Å². The topological polar surface area (TPSA) is 73.9 Å². The molecule has 2 unspecified atom stereocenters. The molecule has 0 saturated carbocycles. The maximum absolute atomic E-state index is 10.8. The first-order valence-corrected chi connectivity index (χ1v) is 4.27. The maximum atomic E-state index is 10.8. The molecule has 1 saturated heterocycles. The lowest BCUT2D eigenvalue weighted by atomic mass is 9.88. The van der Waals surface area contributed by atoms with Crippen LogP contribution in [0.3, 0.4) is 0 Å². The highest BCUT2D eigenvalue weighted by Crippen LogP contribution is 2.31. The highest BCUT2D eigenvalue weighted by Gasteiger charge is 2.49. The molecule has 1 aliphatic rings. The molecule has 0 aliphatic carbocycles. The fraction of sp³-hybridized carbons (Fsp3) is 0.429. The van der Waals surface area contributed by atoms with Crippen LogP contribution < -0.4 is 0 Å². The molecule has 1 aliphatic heterocycles. The number of terminal acetylenes is 1. The van der Waals surface area contributed by atoms with Gasteiger partial charge in [0.1, 0.15) is 0 Å². The van der Waals surface area contributed by atoms with E-state index in [9.17, 15) is 4.21 Å². The second-order valence-corrected chi connectivity index (χ2v) is 3.37. The van der Waals surface area contributed by atoms with Gasteiger partial charge in [-0.2, -0.15) is 10.5 Å². The van der Waals surface area contributed by atoms with Crippen molar-refractivity contribution >= 4 is 11.1 Å². The summed E-state index contributed by atoms with van der Waals surface area (Å²) in [5.41, 5.74) is -1.43. The van der Waals surface area contributed by atoms with Crippen LogP contribution in [0.1, 0.15) is 0 Å². The van der Waals surface area contributed by atoms with Gasteiger partial charge in [-0.3, -0.25) is 4.18 Å². The Hall–Kier alpha value is -1.35. The van der Waals surface area contributed by atoms with E-state index in [1.54, 1.807) is 12.1 Å². The summed E-state index contributed by atoms with van der Waals surface area (Å²) < 4.78 is 15.5. The number of hydrogen-bond donors (Lipinski definition) is 0. The third-order valence-corrected chi connectivity index (χ3v) is 2.65. The molecular weight excluding hydrogens is 176 g/mol. The summed E-state index contributed by atoms with van der Waals surface area (Å²) in [5, 5.41) is 17.3. The second-order valence-electron chi connectivity index (χ2n) is 2.29. The molecule has 5 heteroatoms. The average Bonchev–Trinajstić information content (AvgIpc) is 2.42. The first-order chi connectivity index (χ1) is 5.68. The van der Waals surface area contributed by atoms with Crippen molar-refractivity contribution in [2.24, 2.45) is 5.41 Å². The quantitative estimate of drug-likeness (QED) is 0.480. The first-order valence-electron chi connectivity index (χ1n) is 3.02. The van der Waals surface area contributed by atoms with Crippen molar-refractivity contribution in [2.75, 3.05) is 5.75 Å². The third-order valence-electron chi connectivity index (χ3n) is 1.55. The van der Waals surface area contributed by atoms with E-state index < -0.39 is 22.6 Å². The average molecular weight is 180 g/mol. The van der Waals surface area contributed by atoms with Gasteiger partial charge in [0.05, 0.1) is 17.9 Å². The van der Waals surface area contributed by atoms with Crippen LogP contribution >= 0.6 is 0 Å². The molecule has 1 heterocycles. The molecule has 0 aromatic rings. The van der Waals surface area contributed by atoms with Gasteiger partial charge in [-0.1, -0.05) is 5.92 Å². The molecule has 0 bridgehead atoms. The Morgan fingerprint density at radius 2 is 2.17 bits per heavy atom. The summed E-state index contributed by atoms with van der Waals surface area (Å²) in [4.78, 5) is 0. The molecule has 4 nitrogen and oxygen atoms in total. The van der Waals surface area contributed by atoms with Crippen LogP contribution in [0.2, 0.25) is 0 Å². The summed E-state index contributed by atoms with van der Waals surface area (Å²) in [5.74, 6) is 2.00. The van der Waals surface area contributed by atoms with Gasteiger partial charge in [-0.05, 0) is 0 Å². The Kier molecular flexibility index (Phi) is 2.15. The van der Waals surface area contributed by atoms with Crippen molar-refractivity contribution in [3.63, 3.8) is 0 Å². The summed E-state index contributed by atoms with van der Waals surface area (Å²) in [6.07, 6.45) is 4.03. The van der Waals surface area contributed by atoms with E-state index in [4.69, 9.17) is 21.1 Å².